The predicted molar refractivity (Wildman–Crippen MR) is 71.8 cm³/mol. The van der Waals surface area contributed by atoms with Crippen molar-refractivity contribution in [2.24, 2.45) is 0 Å². The molecule has 0 atom stereocenters. The zero-order valence-electron chi connectivity index (χ0n) is 10.6. The molecule has 0 saturated heterocycles. The summed E-state index contributed by atoms with van der Waals surface area (Å²) < 4.78 is 19.5. The lowest BCUT2D eigenvalue weighted by Crippen LogP contribution is -2.21. The van der Waals surface area contributed by atoms with Gasteiger partial charge in [-0.05, 0) is 24.3 Å². The molecular formula is C14H13FN2O3. The number of hydrogen-bond acceptors (Lipinski definition) is 4. The molecule has 0 radical (unpaired) electrons. The smallest absolute Gasteiger partial charge is 0.338 e. The van der Waals surface area contributed by atoms with E-state index in [1.54, 1.807) is 18.3 Å². The van der Waals surface area contributed by atoms with Crippen LogP contribution < -0.4 is 11.3 Å². The maximum atomic E-state index is 13.1. The lowest BCUT2D eigenvalue weighted by Gasteiger charge is -2.07. The van der Waals surface area contributed by atoms with E-state index in [9.17, 15) is 14.0 Å². The van der Waals surface area contributed by atoms with Crippen molar-refractivity contribution >= 4 is 11.7 Å². The number of benzene rings is 1. The van der Waals surface area contributed by atoms with E-state index in [-0.39, 0.29) is 30.0 Å². The molecule has 1 aromatic heterocycles. The molecule has 1 aromatic carbocycles. The first-order valence-electron chi connectivity index (χ1n) is 5.95. The Labute approximate surface area is 114 Å². The summed E-state index contributed by atoms with van der Waals surface area (Å²) in [5.41, 5.74) is 5.46. The average Bonchev–Trinajstić information content (AvgIpc) is 2.39. The molecule has 0 spiro atoms. The Hall–Kier alpha value is -2.63. The first-order valence-corrected chi connectivity index (χ1v) is 5.95. The Bertz CT molecular complexity index is 662. The van der Waals surface area contributed by atoms with Gasteiger partial charge < -0.3 is 15.0 Å². The molecule has 2 rings (SSSR count). The Morgan fingerprint density at radius 2 is 2.10 bits per heavy atom. The van der Waals surface area contributed by atoms with E-state index < -0.39 is 11.8 Å². The minimum absolute atomic E-state index is 0.0131. The minimum atomic E-state index is -0.680. The lowest BCUT2D eigenvalue weighted by molar-refractivity contribution is 0.0490. The van der Waals surface area contributed by atoms with Crippen LogP contribution in [-0.4, -0.2) is 17.1 Å². The molecule has 0 aliphatic rings. The van der Waals surface area contributed by atoms with Gasteiger partial charge in [-0.2, -0.15) is 0 Å². The molecule has 0 aliphatic heterocycles. The monoisotopic (exact) mass is 276 g/mol. The summed E-state index contributed by atoms with van der Waals surface area (Å²) in [6.45, 7) is 0.245. The maximum absolute atomic E-state index is 13.1. The number of nitrogens with zero attached hydrogens (tertiary/aromatic N) is 1. The van der Waals surface area contributed by atoms with E-state index in [1.165, 1.54) is 16.7 Å². The number of nitrogen functional groups attached to an aromatic ring is 1. The largest absolute Gasteiger partial charge is 0.460 e. The molecule has 104 valence electrons. The fourth-order valence-corrected chi connectivity index (χ4v) is 1.70. The number of rotatable bonds is 4. The van der Waals surface area contributed by atoms with Gasteiger partial charge >= 0.3 is 5.97 Å². The zero-order chi connectivity index (χ0) is 14.5. The van der Waals surface area contributed by atoms with Gasteiger partial charge in [0.2, 0.25) is 0 Å². The third kappa shape index (κ3) is 3.44. The van der Waals surface area contributed by atoms with Gasteiger partial charge in [0.1, 0.15) is 12.4 Å². The minimum Gasteiger partial charge on any atom is -0.460 e. The quantitative estimate of drug-likeness (QED) is 0.677. The highest BCUT2D eigenvalue weighted by atomic mass is 19.1. The van der Waals surface area contributed by atoms with Gasteiger partial charge in [0, 0.05) is 18.0 Å². The van der Waals surface area contributed by atoms with Gasteiger partial charge in [-0.1, -0.05) is 6.07 Å². The normalized spacial score (nSPS) is 10.2. The highest BCUT2D eigenvalue weighted by Gasteiger charge is 2.09. The van der Waals surface area contributed by atoms with Gasteiger partial charge in [-0.15, -0.1) is 0 Å². The van der Waals surface area contributed by atoms with Crippen LogP contribution in [0.4, 0.5) is 10.1 Å². The maximum Gasteiger partial charge on any atom is 0.338 e. The Kier molecular flexibility index (Phi) is 4.14. The number of aromatic nitrogens is 1. The number of carbonyl (C=O) groups is 1. The lowest BCUT2D eigenvalue weighted by atomic mass is 10.2. The van der Waals surface area contributed by atoms with E-state index in [2.05, 4.69) is 0 Å². The highest BCUT2D eigenvalue weighted by Crippen LogP contribution is 2.11. The first kappa shape index (κ1) is 13.8. The number of anilines is 1. The van der Waals surface area contributed by atoms with Gasteiger partial charge in [0.15, 0.2) is 0 Å². The molecule has 0 fully saturated rings. The van der Waals surface area contributed by atoms with Crippen molar-refractivity contribution in [1.82, 2.24) is 4.57 Å². The number of esters is 1. The van der Waals surface area contributed by atoms with Crippen LogP contribution >= 0.6 is 0 Å². The fraction of sp³-hybridized carbons (Fsp3) is 0.143. The standard InChI is InChI=1S/C14H13FN2O3/c15-11-7-10(8-12(16)9-11)14(19)20-6-5-17-4-2-1-3-13(17)18/h1-4,7-9H,5-6,16H2. The van der Waals surface area contributed by atoms with Crippen LogP contribution in [0.25, 0.3) is 0 Å². The second-order valence-corrected chi connectivity index (χ2v) is 4.14. The van der Waals surface area contributed by atoms with Crippen molar-refractivity contribution < 1.29 is 13.9 Å². The van der Waals surface area contributed by atoms with Crippen LogP contribution in [0.1, 0.15) is 10.4 Å². The zero-order valence-corrected chi connectivity index (χ0v) is 10.6. The van der Waals surface area contributed by atoms with Gasteiger partial charge in [-0.3, -0.25) is 4.79 Å². The summed E-state index contributed by atoms with van der Waals surface area (Å²) in [5.74, 6) is -1.28. The first-order chi connectivity index (χ1) is 9.56. The van der Waals surface area contributed by atoms with Crippen LogP contribution in [0.15, 0.2) is 47.4 Å². The van der Waals surface area contributed by atoms with Crippen molar-refractivity contribution in [3.8, 4) is 0 Å². The molecule has 0 amide bonds. The SMILES string of the molecule is Nc1cc(F)cc(C(=O)OCCn2ccccc2=O)c1. The van der Waals surface area contributed by atoms with Crippen molar-refractivity contribution in [1.29, 1.82) is 0 Å². The summed E-state index contributed by atoms with van der Waals surface area (Å²) in [6, 6.07) is 8.24. The number of carbonyl (C=O) groups excluding carboxylic acids is 1. The van der Waals surface area contributed by atoms with E-state index in [1.807, 2.05) is 0 Å². The van der Waals surface area contributed by atoms with Crippen LogP contribution in [0.5, 0.6) is 0 Å². The van der Waals surface area contributed by atoms with E-state index in [0.717, 1.165) is 12.1 Å². The molecule has 0 aliphatic carbocycles. The summed E-state index contributed by atoms with van der Waals surface area (Å²) in [4.78, 5) is 23.1. The van der Waals surface area contributed by atoms with E-state index in [4.69, 9.17) is 10.5 Å². The molecule has 1 heterocycles. The van der Waals surface area contributed by atoms with Crippen molar-refractivity contribution in [2.75, 3.05) is 12.3 Å². The second-order valence-electron chi connectivity index (χ2n) is 4.14. The van der Waals surface area contributed by atoms with Crippen LogP contribution in [0, 0.1) is 5.82 Å². The van der Waals surface area contributed by atoms with Crippen molar-refractivity contribution in [3.05, 3.63) is 64.3 Å². The molecule has 5 nitrogen and oxygen atoms in total. The Morgan fingerprint density at radius 3 is 2.80 bits per heavy atom. The molecule has 20 heavy (non-hydrogen) atoms. The number of halogens is 1. The number of pyridine rings is 1. The van der Waals surface area contributed by atoms with Crippen LogP contribution in [-0.2, 0) is 11.3 Å². The van der Waals surface area contributed by atoms with Crippen molar-refractivity contribution in [2.45, 2.75) is 6.54 Å². The Balaban J connectivity index is 1.96. The molecule has 0 unspecified atom stereocenters. The van der Waals surface area contributed by atoms with Gasteiger partial charge in [0.05, 0.1) is 12.1 Å². The highest BCUT2D eigenvalue weighted by molar-refractivity contribution is 5.90. The van der Waals surface area contributed by atoms with Crippen molar-refractivity contribution in [3.63, 3.8) is 0 Å². The topological polar surface area (TPSA) is 74.3 Å². The number of nitrogens with two attached hydrogens (primary N) is 1. The third-order valence-corrected chi connectivity index (χ3v) is 2.62. The summed E-state index contributed by atoms with van der Waals surface area (Å²) in [6.07, 6.45) is 1.59. The predicted octanol–water partition coefficient (Wildman–Crippen LogP) is 1.43. The molecule has 0 bridgehead atoms. The molecule has 2 N–H and O–H groups in total. The average molecular weight is 276 g/mol. The fourth-order valence-electron chi connectivity index (χ4n) is 1.70. The molecule has 0 saturated carbocycles. The van der Waals surface area contributed by atoms with Crippen LogP contribution in [0.3, 0.4) is 0 Å². The summed E-state index contributed by atoms with van der Waals surface area (Å²) in [5, 5.41) is 0. The van der Waals surface area contributed by atoms with Crippen LogP contribution in [0.2, 0.25) is 0 Å². The third-order valence-electron chi connectivity index (χ3n) is 2.62. The number of ether oxygens (including phenoxy) is 1. The van der Waals surface area contributed by atoms with E-state index >= 15 is 0 Å². The summed E-state index contributed by atoms with van der Waals surface area (Å²) >= 11 is 0. The molecule has 2 aromatic rings. The van der Waals surface area contributed by atoms with Gasteiger partial charge in [-0.25, -0.2) is 9.18 Å². The summed E-state index contributed by atoms with van der Waals surface area (Å²) in [7, 11) is 0. The molecule has 6 heteroatoms. The second kappa shape index (κ2) is 6.01. The Morgan fingerprint density at radius 1 is 1.30 bits per heavy atom. The van der Waals surface area contributed by atoms with E-state index in [0.29, 0.717) is 0 Å². The molecular weight excluding hydrogens is 263 g/mol. The van der Waals surface area contributed by atoms with Gasteiger partial charge in [0.25, 0.3) is 5.56 Å². The number of hydrogen-bond donors (Lipinski definition) is 1.